The Morgan fingerprint density at radius 3 is 2.68 bits per heavy atom. The molecule has 168 valence electrons. The highest BCUT2D eigenvalue weighted by molar-refractivity contribution is 5.80. The molecule has 2 heterocycles. The SMILES string of the molecule is CNc1ccc(-c2nc(N3CCC(N)CC3)ncc2/C(=C/NCC(F)F)CN)cc1F. The summed E-state index contributed by atoms with van der Waals surface area (Å²) in [5.74, 6) is 0.0878. The van der Waals surface area contributed by atoms with Crippen molar-refractivity contribution in [2.24, 2.45) is 11.5 Å². The third-order valence-corrected chi connectivity index (χ3v) is 5.22. The Morgan fingerprint density at radius 2 is 2.06 bits per heavy atom. The molecule has 1 aromatic carbocycles. The van der Waals surface area contributed by atoms with Gasteiger partial charge in [0.25, 0.3) is 6.43 Å². The van der Waals surface area contributed by atoms with Crippen molar-refractivity contribution in [1.29, 1.82) is 0 Å². The maximum Gasteiger partial charge on any atom is 0.255 e. The predicted octanol–water partition coefficient (Wildman–Crippen LogP) is 2.41. The van der Waals surface area contributed by atoms with Crippen molar-refractivity contribution in [1.82, 2.24) is 15.3 Å². The number of anilines is 2. The van der Waals surface area contributed by atoms with Crippen LogP contribution in [0.3, 0.4) is 0 Å². The lowest BCUT2D eigenvalue weighted by molar-refractivity contribution is 0.151. The fraction of sp³-hybridized carbons (Fsp3) is 0.429. The Labute approximate surface area is 179 Å². The van der Waals surface area contributed by atoms with Crippen molar-refractivity contribution in [3.63, 3.8) is 0 Å². The minimum absolute atomic E-state index is 0.0710. The Balaban J connectivity index is 2.04. The maximum absolute atomic E-state index is 14.5. The largest absolute Gasteiger partial charge is 0.386 e. The summed E-state index contributed by atoms with van der Waals surface area (Å²) in [6, 6.07) is 4.91. The van der Waals surface area contributed by atoms with Gasteiger partial charge >= 0.3 is 0 Å². The number of halogens is 3. The zero-order valence-electron chi connectivity index (χ0n) is 17.4. The first-order valence-corrected chi connectivity index (χ1v) is 10.2. The van der Waals surface area contributed by atoms with Crippen LogP contribution in [0.15, 0.2) is 30.6 Å². The van der Waals surface area contributed by atoms with Gasteiger partial charge in [-0.1, -0.05) is 6.07 Å². The molecular formula is C21H28F3N7. The Hall–Kier alpha value is -2.85. The topological polar surface area (TPSA) is 105 Å². The van der Waals surface area contributed by atoms with Gasteiger partial charge in [-0.05, 0) is 30.5 Å². The highest BCUT2D eigenvalue weighted by atomic mass is 19.3. The van der Waals surface area contributed by atoms with E-state index >= 15 is 0 Å². The smallest absolute Gasteiger partial charge is 0.255 e. The van der Waals surface area contributed by atoms with Crippen molar-refractivity contribution in [2.75, 3.05) is 43.4 Å². The van der Waals surface area contributed by atoms with Crippen LogP contribution in [0.2, 0.25) is 0 Å². The molecule has 0 saturated carbocycles. The van der Waals surface area contributed by atoms with Gasteiger partial charge in [0, 0.05) is 56.2 Å². The summed E-state index contributed by atoms with van der Waals surface area (Å²) in [6.07, 6.45) is 2.21. The van der Waals surface area contributed by atoms with Crippen molar-refractivity contribution in [3.8, 4) is 11.3 Å². The van der Waals surface area contributed by atoms with Gasteiger partial charge in [0.1, 0.15) is 5.82 Å². The number of nitrogens with two attached hydrogens (primary N) is 2. The fourth-order valence-corrected chi connectivity index (χ4v) is 3.46. The summed E-state index contributed by atoms with van der Waals surface area (Å²) >= 11 is 0. The van der Waals surface area contributed by atoms with Crippen LogP contribution in [-0.2, 0) is 0 Å². The van der Waals surface area contributed by atoms with E-state index in [2.05, 4.69) is 15.6 Å². The number of nitrogens with zero attached hydrogens (tertiary/aromatic N) is 3. The highest BCUT2D eigenvalue weighted by Gasteiger charge is 2.21. The van der Waals surface area contributed by atoms with E-state index in [4.69, 9.17) is 16.5 Å². The first-order valence-electron chi connectivity index (χ1n) is 10.2. The first-order chi connectivity index (χ1) is 14.9. The lowest BCUT2D eigenvalue weighted by Crippen LogP contribution is -2.40. The van der Waals surface area contributed by atoms with Crippen LogP contribution >= 0.6 is 0 Å². The molecule has 1 aliphatic heterocycles. The van der Waals surface area contributed by atoms with E-state index in [1.54, 1.807) is 25.4 Å². The molecule has 1 aliphatic rings. The molecule has 1 fully saturated rings. The highest BCUT2D eigenvalue weighted by Crippen LogP contribution is 2.30. The summed E-state index contributed by atoms with van der Waals surface area (Å²) < 4.78 is 39.5. The molecule has 31 heavy (non-hydrogen) atoms. The number of rotatable bonds is 8. The molecule has 0 atom stereocenters. The molecule has 6 N–H and O–H groups in total. The van der Waals surface area contributed by atoms with Crippen LogP contribution in [0.1, 0.15) is 18.4 Å². The van der Waals surface area contributed by atoms with E-state index in [-0.39, 0.29) is 12.6 Å². The fourth-order valence-electron chi connectivity index (χ4n) is 3.46. The third kappa shape index (κ3) is 5.65. The monoisotopic (exact) mass is 435 g/mol. The molecule has 0 bridgehead atoms. The molecule has 1 aromatic heterocycles. The molecule has 7 nitrogen and oxygen atoms in total. The number of piperidine rings is 1. The number of nitrogens with one attached hydrogen (secondary N) is 2. The lowest BCUT2D eigenvalue weighted by atomic mass is 10.0. The van der Waals surface area contributed by atoms with Crippen molar-refractivity contribution >= 4 is 17.2 Å². The van der Waals surface area contributed by atoms with Gasteiger partial charge in [0.15, 0.2) is 0 Å². The molecule has 10 heteroatoms. The van der Waals surface area contributed by atoms with Crippen LogP contribution in [0, 0.1) is 5.82 Å². The van der Waals surface area contributed by atoms with E-state index < -0.39 is 18.8 Å². The summed E-state index contributed by atoms with van der Waals surface area (Å²) in [7, 11) is 1.64. The number of aromatic nitrogens is 2. The summed E-state index contributed by atoms with van der Waals surface area (Å²) in [5, 5.41) is 5.36. The van der Waals surface area contributed by atoms with Crippen LogP contribution < -0.4 is 27.0 Å². The summed E-state index contributed by atoms with van der Waals surface area (Å²) in [6.45, 7) is 1.02. The number of alkyl halides is 2. The van der Waals surface area contributed by atoms with Crippen LogP contribution in [0.25, 0.3) is 16.8 Å². The van der Waals surface area contributed by atoms with Gasteiger partial charge in [-0.15, -0.1) is 0 Å². The van der Waals surface area contributed by atoms with Gasteiger partial charge in [0.05, 0.1) is 17.9 Å². The number of benzene rings is 1. The molecule has 3 rings (SSSR count). The Morgan fingerprint density at radius 1 is 1.32 bits per heavy atom. The molecule has 0 aliphatic carbocycles. The minimum Gasteiger partial charge on any atom is -0.386 e. The van der Waals surface area contributed by atoms with Crippen LogP contribution in [0.5, 0.6) is 0 Å². The number of hydrogen-bond acceptors (Lipinski definition) is 7. The first kappa shape index (κ1) is 22.8. The van der Waals surface area contributed by atoms with Crippen molar-refractivity contribution in [3.05, 3.63) is 42.0 Å². The molecule has 2 aromatic rings. The second-order valence-corrected chi connectivity index (χ2v) is 7.37. The standard InChI is InChI=1S/C21H28F3N7/c1-27-18-3-2-13(8-17(18)22)20-16(14(9-25)10-28-12-19(23)24)11-29-21(30-20)31-6-4-15(26)5-7-31/h2-3,8,10-11,15,19,27-28H,4-7,9,12,25-26H2,1H3/b14-10+. The predicted molar refractivity (Wildman–Crippen MR) is 117 cm³/mol. The van der Waals surface area contributed by atoms with Crippen LogP contribution in [0.4, 0.5) is 24.8 Å². The van der Waals surface area contributed by atoms with Gasteiger partial charge < -0.3 is 27.0 Å². The third-order valence-electron chi connectivity index (χ3n) is 5.22. The molecule has 1 saturated heterocycles. The van der Waals surface area contributed by atoms with E-state index in [0.717, 1.165) is 25.9 Å². The van der Waals surface area contributed by atoms with Gasteiger partial charge in [-0.3, -0.25) is 0 Å². The van der Waals surface area contributed by atoms with E-state index in [1.165, 1.54) is 12.3 Å². The van der Waals surface area contributed by atoms with Crippen molar-refractivity contribution < 1.29 is 13.2 Å². The lowest BCUT2D eigenvalue weighted by Gasteiger charge is -2.30. The molecule has 0 amide bonds. The summed E-state index contributed by atoms with van der Waals surface area (Å²) in [4.78, 5) is 11.2. The number of hydrogen-bond donors (Lipinski definition) is 4. The average molecular weight is 435 g/mol. The maximum atomic E-state index is 14.5. The van der Waals surface area contributed by atoms with Gasteiger partial charge in [-0.25, -0.2) is 23.1 Å². The second kappa shape index (κ2) is 10.5. The Bertz CT molecular complexity index is 912. The van der Waals surface area contributed by atoms with Crippen molar-refractivity contribution in [2.45, 2.75) is 25.3 Å². The molecular weight excluding hydrogens is 407 g/mol. The molecule has 0 unspecified atom stereocenters. The minimum atomic E-state index is -2.50. The molecule has 0 radical (unpaired) electrons. The quantitative estimate of drug-likeness (QED) is 0.505. The molecule has 0 spiro atoms. The normalized spacial score (nSPS) is 15.5. The average Bonchev–Trinajstić information content (AvgIpc) is 2.77. The zero-order valence-corrected chi connectivity index (χ0v) is 17.4. The van der Waals surface area contributed by atoms with Gasteiger partial charge in [-0.2, -0.15) is 0 Å². The Kier molecular flexibility index (Phi) is 7.69. The zero-order chi connectivity index (χ0) is 22.4. The van der Waals surface area contributed by atoms with E-state index in [1.807, 2.05) is 4.90 Å². The van der Waals surface area contributed by atoms with Crippen LogP contribution in [-0.4, -0.2) is 55.7 Å². The van der Waals surface area contributed by atoms with E-state index in [0.29, 0.717) is 34.0 Å². The summed E-state index contributed by atoms with van der Waals surface area (Å²) in [5.41, 5.74) is 14.4. The van der Waals surface area contributed by atoms with Gasteiger partial charge in [0.2, 0.25) is 5.95 Å². The van der Waals surface area contributed by atoms with E-state index in [9.17, 15) is 13.2 Å². The second-order valence-electron chi connectivity index (χ2n) is 7.37.